The molecule has 1 heterocycles. The lowest BCUT2D eigenvalue weighted by Gasteiger charge is -2.08. The number of aromatic nitrogens is 2. The Morgan fingerprint density at radius 2 is 1.53 bits per heavy atom. The van der Waals surface area contributed by atoms with Gasteiger partial charge in [0.1, 0.15) is 0 Å². The quantitative estimate of drug-likeness (QED) is 0.627. The van der Waals surface area contributed by atoms with Crippen molar-refractivity contribution in [2.24, 2.45) is 0 Å². The van der Waals surface area contributed by atoms with Crippen LogP contribution in [0.1, 0.15) is 5.69 Å². The van der Waals surface area contributed by atoms with Gasteiger partial charge in [0.25, 0.3) is 0 Å². The van der Waals surface area contributed by atoms with Crippen LogP contribution in [0.2, 0.25) is 5.02 Å². The highest BCUT2D eigenvalue weighted by atomic mass is 79.9. The maximum Gasteiger partial charge on any atom is 0.0933 e. The summed E-state index contributed by atoms with van der Waals surface area (Å²) in [5, 5.41) is 1.39. The number of alkyl halides is 1. The number of para-hydroxylation sites is 2. The van der Waals surface area contributed by atoms with Crippen LogP contribution < -0.4 is 0 Å². The van der Waals surface area contributed by atoms with Gasteiger partial charge in [0.2, 0.25) is 0 Å². The zero-order valence-electron chi connectivity index (χ0n) is 9.98. The van der Waals surface area contributed by atoms with Crippen molar-refractivity contribution in [2.45, 2.75) is 5.33 Å². The summed E-state index contributed by atoms with van der Waals surface area (Å²) in [6, 6.07) is 15.5. The molecular weight excluding hydrogens is 324 g/mol. The number of hydrogen-bond donors (Lipinski definition) is 0. The van der Waals surface area contributed by atoms with E-state index in [0.717, 1.165) is 33.0 Å². The Morgan fingerprint density at radius 1 is 0.895 bits per heavy atom. The second-order valence-corrected chi connectivity index (χ2v) is 5.15. The molecule has 0 spiro atoms. The van der Waals surface area contributed by atoms with E-state index in [1.54, 1.807) is 0 Å². The molecule has 19 heavy (non-hydrogen) atoms. The first kappa shape index (κ1) is 12.6. The highest BCUT2D eigenvalue weighted by molar-refractivity contribution is 9.08. The number of benzene rings is 2. The second kappa shape index (κ2) is 5.27. The number of nitrogens with zero attached hydrogens (tertiary/aromatic N) is 2. The van der Waals surface area contributed by atoms with Crippen LogP contribution in [0.5, 0.6) is 0 Å². The van der Waals surface area contributed by atoms with E-state index in [1.165, 1.54) is 0 Å². The van der Waals surface area contributed by atoms with Crippen molar-refractivity contribution in [3.8, 4) is 11.3 Å². The van der Waals surface area contributed by atoms with Gasteiger partial charge in [0, 0.05) is 15.9 Å². The highest BCUT2D eigenvalue weighted by Crippen LogP contribution is 2.26. The monoisotopic (exact) mass is 332 g/mol. The van der Waals surface area contributed by atoms with Gasteiger partial charge in [-0.1, -0.05) is 51.8 Å². The molecule has 0 N–H and O–H groups in total. The molecule has 0 aliphatic rings. The van der Waals surface area contributed by atoms with Crippen LogP contribution in [0.3, 0.4) is 0 Å². The number of halogens is 2. The van der Waals surface area contributed by atoms with E-state index in [4.69, 9.17) is 16.6 Å². The van der Waals surface area contributed by atoms with E-state index < -0.39 is 0 Å². The predicted octanol–water partition coefficient (Wildman–Crippen LogP) is 4.85. The van der Waals surface area contributed by atoms with Crippen LogP contribution in [0.4, 0.5) is 0 Å². The summed E-state index contributed by atoms with van der Waals surface area (Å²) >= 11 is 9.40. The zero-order valence-corrected chi connectivity index (χ0v) is 12.3. The molecule has 2 nitrogen and oxygen atoms in total. The molecule has 0 atom stereocenters. The molecule has 0 amide bonds. The molecule has 0 saturated carbocycles. The molecule has 3 rings (SSSR count). The van der Waals surface area contributed by atoms with E-state index in [0.29, 0.717) is 5.33 Å². The predicted molar refractivity (Wildman–Crippen MR) is 82.6 cm³/mol. The fourth-order valence-corrected chi connectivity index (χ4v) is 2.49. The van der Waals surface area contributed by atoms with Crippen LogP contribution in [-0.4, -0.2) is 9.97 Å². The van der Waals surface area contributed by atoms with Gasteiger partial charge in [0.05, 0.1) is 22.4 Å². The molecule has 0 unspecified atom stereocenters. The van der Waals surface area contributed by atoms with E-state index >= 15 is 0 Å². The SMILES string of the molecule is Clc1ccc(-c2nc3ccccc3nc2CBr)cc1. The Bertz CT molecular complexity index is 726. The average molecular weight is 334 g/mol. The van der Waals surface area contributed by atoms with Crippen LogP contribution in [0, 0.1) is 0 Å². The lowest BCUT2D eigenvalue weighted by Crippen LogP contribution is -1.96. The molecule has 0 saturated heterocycles. The first-order valence-electron chi connectivity index (χ1n) is 5.85. The summed E-state index contributed by atoms with van der Waals surface area (Å²) in [6.45, 7) is 0. The first-order chi connectivity index (χ1) is 9.28. The second-order valence-electron chi connectivity index (χ2n) is 4.15. The minimum Gasteiger partial charge on any atom is -0.248 e. The third kappa shape index (κ3) is 2.48. The van der Waals surface area contributed by atoms with Gasteiger partial charge in [-0.15, -0.1) is 0 Å². The largest absolute Gasteiger partial charge is 0.248 e. The lowest BCUT2D eigenvalue weighted by molar-refractivity contribution is 1.18. The molecule has 0 bridgehead atoms. The smallest absolute Gasteiger partial charge is 0.0933 e. The van der Waals surface area contributed by atoms with E-state index in [1.807, 2.05) is 48.5 Å². The topological polar surface area (TPSA) is 25.8 Å². The standard InChI is InChI=1S/C15H10BrClN2/c16-9-14-15(10-5-7-11(17)8-6-10)19-13-4-2-1-3-12(13)18-14/h1-8H,9H2. The normalized spacial score (nSPS) is 10.8. The third-order valence-corrected chi connectivity index (χ3v) is 3.67. The molecular formula is C15H10BrClN2. The summed E-state index contributed by atoms with van der Waals surface area (Å²) < 4.78 is 0. The summed E-state index contributed by atoms with van der Waals surface area (Å²) in [6.07, 6.45) is 0. The number of hydrogen-bond acceptors (Lipinski definition) is 2. The Labute approximate surface area is 124 Å². The minimum absolute atomic E-state index is 0.669. The Kier molecular flexibility index (Phi) is 3.49. The minimum atomic E-state index is 0.669. The van der Waals surface area contributed by atoms with Gasteiger partial charge in [-0.25, -0.2) is 9.97 Å². The molecule has 0 fully saturated rings. The molecule has 4 heteroatoms. The van der Waals surface area contributed by atoms with Gasteiger partial charge in [-0.05, 0) is 24.3 Å². The van der Waals surface area contributed by atoms with Gasteiger partial charge >= 0.3 is 0 Å². The highest BCUT2D eigenvalue weighted by Gasteiger charge is 2.09. The van der Waals surface area contributed by atoms with Crippen molar-refractivity contribution in [3.63, 3.8) is 0 Å². The Hall–Kier alpha value is -1.45. The van der Waals surface area contributed by atoms with Crippen molar-refractivity contribution >= 4 is 38.6 Å². The van der Waals surface area contributed by atoms with Crippen LogP contribution in [-0.2, 0) is 5.33 Å². The molecule has 3 aromatic rings. The molecule has 1 aromatic heterocycles. The zero-order chi connectivity index (χ0) is 13.2. The molecule has 0 aliphatic carbocycles. The summed E-state index contributed by atoms with van der Waals surface area (Å²) in [4.78, 5) is 9.36. The third-order valence-electron chi connectivity index (χ3n) is 2.89. The van der Waals surface area contributed by atoms with Crippen molar-refractivity contribution in [2.75, 3.05) is 0 Å². The van der Waals surface area contributed by atoms with Crippen molar-refractivity contribution in [3.05, 3.63) is 59.2 Å². The van der Waals surface area contributed by atoms with Crippen LogP contribution in [0.15, 0.2) is 48.5 Å². The summed E-state index contributed by atoms with van der Waals surface area (Å²) in [7, 11) is 0. The van der Waals surface area contributed by atoms with E-state index in [-0.39, 0.29) is 0 Å². The Balaban J connectivity index is 2.23. The number of rotatable bonds is 2. The van der Waals surface area contributed by atoms with Crippen molar-refractivity contribution < 1.29 is 0 Å². The molecule has 0 radical (unpaired) electrons. The van der Waals surface area contributed by atoms with Gasteiger partial charge in [0.15, 0.2) is 0 Å². The fraction of sp³-hybridized carbons (Fsp3) is 0.0667. The number of fused-ring (bicyclic) bond motifs is 1. The van der Waals surface area contributed by atoms with Crippen LogP contribution >= 0.6 is 27.5 Å². The maximum atomic E-state index is 5.92. The van der Waals surface area contributed by atoms with E-state index in [2.05, 4.69) is 20.9 Å². The lowest BCUT2D eigenvalue weighted by atomic mass is 10.1. The Morgan fingerprint density at radius 3 is 2.16 bits per heavy atom. The van der Waals surface area contributed by atoms with E-state index in [9.17, 15) is 0 Å². The first-order valence-corrected chi connectivity index (χ1v) is 7.35. The average Bonchev–Trinajstić information content (AvgIpc) is 2.46. The van der Waals surface area contributed by atoms with Crippen molar-refractivity contribution in [1.82, 2.24) is 9.97 Å². The molecule has 2 aromatic carbocycles. The van der Waals surface area contributed by atoms with Gasteiger partial charge in [-0.2, -0.15) is 0 Å². The summed E-state index contributed by atoms with van der Waals surface area (Å²) in [5.41, 5.74) is 4.66. The van der Waals surface area contributed by atoms with Gasteiger partial charge < -0.3 is 0 Å². The van der Waals surface area contributed by atoms with Gasteiger partial charge in [-0.3, -0.25) is 0 Å². The summed E-state index contributed by atoms with van der Waals surface area (Å²) in [5.74, 6) is 0. The van der Waals surface area contributed by atoms with Crippen molar-refractivity contribution in [1.29, 1.82) is 0 Å². The van der Waals surface area contributed by atoms with Crippen LogP contribution in [0.25, 0.3) is 22.3 Å². The molecule has 0 aliphatic heterocycles. The maximum absolute atomic E-state index is 5.92. The fourth-order valence-electron chi connectivity index (χ4n) is 1.97. The molecule has 94 valence electrons.